The Bertz CT molecular complexity index is 537. The summed E-state index contributed by atoms with van der Waals surface area (Å²) in [6.45, 7) is 8.09. The molecule has 0 spiro atoms. The third-order valence-corrected chi connectivity index (χ3v) is 4.86. The van der Waals surface area contributed by atoms with Crippen LogP contribution in [0.4, 0.5) is 0 Å². The minimum Gasteiger partial charge on any atom is -0.378 e. The van der Waals surface area contributed by atoms with E-state index in [0.29, 0.717) is 12.1 Å². The van der Waals surface area contributed by atoms with Gasteiger partial charge in [-0.05, 0) is 18.1 Å². The smallest absolute Gasteiger partial charge is 0.0995 e. The van der Waals surface area contributed by atoms with Crippen molar-refractivity contribution in [3.05, 3.63) is 35.4 Å². The number of benzene rings is 1. The third kappa shape index (κ3) is 3.33. The molecule has 0 N–H and O–H groups in total. The molecule has 0 saturated carbocycles. The predicted molar refractivity (Wildman–Crippen MR) is 86.4 cm³/mol. The van der Waals surface area contributed by atoms with E-state index < -0.39 is 0 Å². The molecular weight excluding hydrogens is 274 g/mol. The van der Waals surface area contributed by atoms with Gasteiger partial charge in [-0.2, -0.15) is 5.26 Å². The summed E-state index contributed by atoms with van der Waals surface area (Å²) >= 11 is 0. The minimum absolute atomic E-state index is 0.508. The molecule has 2 heterocycles. The first-order chi connectivity index (χ1) is 10.8. The van der Waals surface area contributed by atoms with Crippen LogP contribution in [0.3, 0.4) is 0 Å². The Morgan fingerprint density at radius 1 is 1.27 bits per heavy atom. The van der Waals surface area contributed by atoms with Crippen molar-refractivity contribution in [3.63, 3.8) is 0 Å². The van der Waals surface area contributed by atoms with Gasteiger partial charge in [-0.3, -0.25) is 9.80 Å². The largest absolute Gasteiger partial charge is 0.378 e. The molecule has 0 aliphatic carbocycles. The van der Waals surface area contributed by atoms with Crippen molar-refractivity contribution >= 4 is 0 Å². The molecule has 2 fully saturated rings. The average molecular weight is 299 g/mol. The quantitative estimate of drug-likeness (QED) is 0.855. The summed E-state index contributed by atoms with van der Waals surface area (Å²) in [7, 11) is 0. The Labute approximate surface area is 133 Å². The molecule has 0 radical (unpaired) electrons. The second kappa shape index (κ2) is 7.23. The van der Waals surface area contributed by atoms with Crippen molar-refractivity contribution in [1.82, 2.24) is 9.80 Å². The highest BCUT2D eigenvalue weighted by Gasteiger charge is 2.35. The van der Waals surface area contributed by atoms with Gasteiger partial charge in [0.25, 0.3) is 0 Å². The molecular formula is C18H25N3O. The van der Waals surface area contributed by atoms with Crippen LogP contribution >= 0.6 is 0 Å². The molecule has 2 aliphatic heterocycles. The Morgan fingerprint density at radius 2 is 2.14 bits per heavy atom. The van der Waals surface area contributed by atoms with Crippen LogP contribution in [0.2, 0.25) is 0 Å². The van der Waals surface area contributed by atoms with Gasteiger partial charge in [0.15, 0.2) is 0 Å². The number of nitrogens with zero attached hydrogens (tertiary/aromatic N) is 3. The van der Waals surface area contributed by atoms with E-state index in [9.17, 15) is 5.26 Å². The van der Waals surface area contributed by atoms with Gasteiger partial charge >= 0.3 is 0 Å². The lowest BCUT2D eigenvalue weighted by Gasteiger charge is -2.48. The predicted octanol–water partition coefficient (Wildman–Crippen LogP) is 2.24. The normalized spacial score (nSPS) is 26.4. The van der Waals surface area contributed by atoms with E-state index in [1.807, 2.05) is 18.2 Å². The first-order valence-electron chi connectivity index (χ1n) is 8.35. The molecule has 1 aromatic carbocycles. The van der Waals surface area contributed by atoms with Crippen molar-refractivity contribution in [1.29, 1.82) is 5.26 Å². The number of morpholine rings is 1. The number of ether oxygens (including phenoxy) is 1. The number of rotatable bonds is 4. The number of piperazine rings is 1. The summed E-state index contributed by atoms with van der Waals surface area (Å²) in [6, 6.07) is 11.3. The first kappa shape index (κ1) is 15.5. The lowest BCUT2D eigenvalue weighted by Crippen LogP contribution is -2.61. The van der Waals surface area contributed by atoms with Gasteiger partial charge in [0, 0.05) is 38.3 Å². The number of hydrogen-bond acceptors (Lipinski definition) is 4. The SMILES string of the molecule is CCC[C@H]1COC[C@H]2CN(Cc3ccccc3C#N)CCN12. The molecule has 4 heteroatoms. The first-order valence-corrected chi connectivity index (χ1v) is 8.35. The molecule has 2 atom stereocenters. The van der Waals surface area contributed by atoms with Crippen molar-refractivity contribution in [3.8, 4) is 6.07 Å². The summed E-state index contributed by atoms with van der Waals surface area (Å²) in [6.07, 6.45) is 2.45. The second-order valence-corrected chi connectivity index (χ2v) is 6.38. The summed E-state index contributed by atoms with van der Waals surface area (Å²) in [5, 5.41) is 9.23. The highest BCUT2D eigenvalue weighted by atomic mass is 16.5. The van der Waals surface area contributed by atoms with Gasteiger partial charge in [-0.15, -0.1) is 0 Å². The zero-order valence-electron chi connectivity index (χ0n) is 13.4. The van der Waals surface area contributed by atoms with Crippen LogP contribution in [-0.2, 0) is 11.3 Å². The van der Waals surface area contributed by atoms with E-state index in [1.165, 1.54) is 12.8 Å². The molecule has 0 aromatic heterocycles. The van der Waals surface area contributed by atoms with Crippen molar-refractivity contribution in [2.45, 2.75) is 38.4 Å². The zero-order valence-corrected chi connectivity index (χ0v) is 13.4. The van der Waals surface area contributed by atoms with Crippen LogP contribution in [0.1, 0.15) is 30.9 Å². The molecule has 0 unspecified atom stereocenters. The van der Waals surface area contributed by atoms with Crippen LogP contribution in [0.15, 0.2) is 24.3 Å². The van der Waals surface area contributed by atoms with Crippen molar-refractivity contribution < 1.29 is 4.74 Å². The lowest BCUT2D eigenvalue weighted by atomic mass is 10.0. The molecule has 2 aliphatic rings. The summed E-state index contributed by atoms with van der Waals surface area (Å²) < 4.78 is 5.83. The van der Waals surface area contributed by atoms with E-state index in [0.717, 1.165) is 50.5 Å². The topological polar surface area (TPSA) is 39.5 Å². The molecule has 3 rings (SSSR count). The van der Waals surface area contributed by atoms with Crippen molar-refractivity contribution in [2.75, 3.05) is 32.8 Å². The maximum Gasteiger partial charge on any atom is 0.0995 e. The van der Waals surface area contributed by atoms with Gasteiger partial charge in [-0.25, -0.2) is 0 Å². The van der Waals surface area contributed by atoms with E-state index in [-0.39, 0.29) is 0 Å². The number of nitriles is 1. The Kier molecular flexibility index (Phi) is 5.09. The Hall–Kier alpha value is -1.41. The van der Waals surface area contributed by atoms with E-state index in [4.69, 9.17) is 4.74 Å². The molecule has 118 valence electrons. The molecule has 0 amide bonds. The van der Waals surface area contributed by atoms with E-state index >= 15 is 0 Å². The molecule has 22 heavy (non-hydrogen) atoms. The fourth-order valence-corrected chi connectivity index (χ4v) is 3.73. The van der Waals surface area contributed by atoms with Gasteiger partial charge < -0.3 is 4.74 Å². The fourth-order valence-electron chi connectivity index (χ4n) is 3.73. The summed E-state index contributed by atoms with van der Waals surface area (Å²) in [5.41, 5.74) is 1.94. The maximum absolute atomic E-state index is 9.23. The monoisotopic (exact) mass is 299 g/mol. The Balaban J connectivity index is 1.64. The molecule has 1 aromatic rings. The van der Waals surface area contributed by atoms with Crippen LogP contribution < -0.4 is 0 Å². The Morgan fingerprint density at radius 3 is 2.95 bits per heavy atom. The van der Waals surface area contributed by atoms with E-state index in [2.05, 4.69) is 28.9 Å². The van der Waals surface area contributed by atoms with Gasteiger partial charge in [-0.1, -0.05) is 31.5 Å². The van der Waals surface area contributed by atoms with Crippen molar-refractivity contribution in [2.24, 2.45) is 0 Å². The highest BCUT2D eigenvalue weighted by Crippen LogP contribution is 2.23. The van der Waals surface area contributed by atoms with E-state index in [1.54, 1.807) is 0 Å². The minimum atomic E-state index is 0.508. The third-order valence-electron chi connectivity index (χ3n) is 4.86. The van der Waals surface area contributed by atoms with Crippen LogP contribution in [-0.4, -0.2) is 54.7 Å². The lowest BCUT2D eigenvalue weighted by molar-refractivity contribution is -0.0840. The van der Waals surface area contributed by atoms with Crippen LogP contribution in [0.5, 0.6) is 0 Å². The highest BCUT2D eigenvalue weighted by molar-refractivity contribution is 5.37. The average Bonchev–Trinajstić information content (AvgIpc) is 2.56. The van der Waals surface area contributed by atoms with Gasteiger partial charge in [0.05, 0.1) is 24.8 Å². The van der Waals surface area contributed by atoms with Crippen LogP contribution in [0, 0.1) is 11.3 Å². The second-order valence-electron chi connectivity index (χ2n) is 6.38. The maximum atomic E-state index is 9.23. The zero-order chi connectivity index (χ0) is 15.4. The van der Waals surface area contributed by atoms with Crippen LogP contribution in [0.25, 0.3) is 0 Å². The van der Waals surface area contributed by atoms with Gasteiger partial charge in [0.2, 0.25) is 0 Å². The van der Waals surface area contributed by atoms with Gasteiger partial charge in [0.1, 0.15) is 0 Å². The standard InChI is InChI=1S/C18H25N3O/c1-2-5-17-13-22-14-18-12-20(8-9-21(17)18)11-16-7-4-3-6-15(16)10-19/h3-4,6-7,17-18H,2,5,8-9,11-14H2,1H3/t17-,18+/m0/s1. The summed E-state index contributed by atoms with van der Waals surface area (Å²) in [4.78, 5) is 5.12. The fraction of sp³-hybridized carbons (Fsp3) is 0.611. The summed E-state index contributed by atoms with van der Waals surface area (Å²) in [5.74, 6) is 0. The molecule has 0 bridgehead atoms. The molecule has 2 saturated heterocycles. The number of fused-ring (bicyclic) bond motifs is 1. The number of hydrogen-bond donors (Lipinski definition) is 0. The molecule has 4 nitrogen and oxygen atoms in total.